The van der Waals surface area contributed by atoms with Gasteiger partial charge in [0, 0.05) is 19.0 Å². The van der Waals surface area contributed by atoms with Crippen molar-refractivity contribution < 1.29 is 19.4 Å². The van der Waals surface area contributed by atoms with Gasteiger partial charge >= 0.3 is 0 Å². The normalized spacial score (nSPS) is 27.1. The van der Waals surface area contributed by atoms with Crippen molar-refractivity contribution in [1.82, 2.24) is 10.2 Å². The molecule has 1 aromatic carbocycles. The highest BCUT2D eigenvalue weighted by Gasteiger charge is 2.35. The maximum absolute atomic E-state index is 12.7. The highest BCUT2D eigenvalue weighted by atomic mass is 16.5. The Bertz CT molecular complexity index is 743. The fourth-order valence-corrected chi connectivity index (χ4v) is 3.77. The summed E-state index contributed by atoms with van der Waals surface area (Å²) in [6.07, 6.45) is 5.79. The van der Waals surface area contributed by atoms with Gasteiger partial charge in [0.15, 0.2) is 0 Å². The zero-order valence-corrected chi connectivity index (χ0v) is 15.3. The number of ether oxygens (including phenoxy) is 1. The predicted molar refractivity (Wildman–Crippen MR) is 99.7 cm³/mol. The average molecular weight is 370 g/mol. The number of hydrogen-bond donors (Lipinski definition) is 2. The highest BCUT2D eigenvalue weighted by molar-refractivity contribution is 5.81. The molecular formula is C21H26N2O4. The van der Waals surface area contributed by atoms with E-state index in [4.69, 9.17) is 4.74 Å². The van der Waals surface area contributed by atoms with Gasteiger partial charge in [0.25, 0.3) is 0 Å². The number of fused-ring (bicyclic) bond motifs is 1. The molecule has 2 amide bonds. The summed E-state index contributed by atoms with van der Waals surface area (Å²) >= 11 is 0. The topological polar surface area (TPSA) is 78.9 Å². The summed E-state index contributed by atoms with van der Waals surface area (Å²) in [7, 11) is 0. The lowest BCUT2D eigenvalue weighted by Crippen LogP contribution is -2.49. The predicted octanol–water partition coefficient (Wildman–Crippen LogP) is 1.17. The van der Waals surface area contributed by atoms with E-state index in [2.05, 4.69) is 17.4 Å². The van der Waals surface area contributed by atoms with E-state index in [1.807, 2.05) is 29.2 Å². The molecule has 1 fully saturated rings. The van der Waals surface area contributed by atoms with Gasteiger partial charge < -0.3 is 20.1 Å². The first kappa shape index (κ1) is 18.2. The van der Waals surface area contributed by atoms with E-state index in [0.29, 0.717) is 6.54 Å². The van der Waals surface area contributed by atoms with Gasteiger partial charge in [-0.1, -0.05) is 36.4 Å². The van der Waals surface area contributed by atoms with Crippen molar-refractivity contribution in [3.63, 3.8) is 0 Å². The van der Waals surface area contributed by atoms with Crippen molar-refractivity contribution in [1.29, 1.82) is 0 Å². The largest absolute Gasteiger partial charge is 0.394 e. The Morgan fingerprint density at radius 2 is 1.96 bits per heavy atom. The molecule has 2 heterocycles. The van der Waals surface area contributed by atoms with Crippen LogP contribution in [0.2, 0.25) is 0 Å². The zero-order chi connectivity index (χ0) is 18.8. The Balaban J connectivity index is 1.34. The monoisotopic (exact) mass is 370 g/mol. The second kappa shape index (κ2) is 7.82. The summed E-state index contributed by atoms with van der Waals surface area (Å²) in [6, 6.07) is 7.88. The summed E-state index contributed by atoms with van der Waals surface area (Å²) in [6.45, 7) is 1.16. The number of hydrogen-bond acceptors (Lipinski definition) is 4. The van der Waals surface area contributed by atoms with Crippen LogP contribution in [0, 0.1) is 5.92 Å². The van der Waals surface area contributed by atoms with Crippen LogP contribution in [-0.2, 0) is 27.3 Å². The van der Waals surface area contributed by atoms with Crippen LogP contribution < -0.4 is 5.32 Å². The molecule has 6 nitrogen and oxygen atoms in total. The molecule has 2 aliphatic heterocycles. The van der Waals surface area contributed by atoms with Crippen molar-refractivity contribution in [3.8, 4) is 0 Å². The number of benzene rings is 1. The fourth-order valence-electron chi connectivity index (χ4n) is 3.77. The number of carbonyl (C=O) groups excluding carboxylic acids is 2. The Labute approximate surface area is 159 Å². The van der Waals surface area contributed by atoms with Crippen molar-refractivity contribution in [2.45, 2.75) is 50.5 Å². The van der Waals surface area contributed by atoms with E-state index in [1.54, 1.807) is 0 Å². The van der Waals surface area contributed by atoms with Crippen LogP contribution in [-0.4, -0.2) is 53.2 Å². The molecule has 0 spiro atoms. The third-order valence-corrected chi connectivity index (χ3v) is 5.58. The molecule has 0 unspecified atom stereocenters. The van der Waals surface area contributed by atoms with Crippen LogP contribution in [0.5, 0.6) is 0 Å². The molecule has 4 rings (SSSR count). The SMILES string of the molecule is O=C(N[C@@H]1C=C[C@@H](CC(=O)N2CCc3ccccc3C2)O[C@H]1CO)C1CC1. The molecule has 27 heavy (non-hydrogen) atoms. The molecule has 6 heteroatoms. The fraction of sp³-hybridized carbons (Fsp3) is 0.524. The number of rotatable bonds is 5. The molecule has 1 aromatic rings. The van der Waals surface area contributed by atoms with Crippen LogP contribution in [0.1, 0.15) is 30.4 Å². The second-order valence-corrected chi connectivity index (χ2v) is 7.63. The number of nitrogens with one attached hydrogen (secondary N) is 1. The number of nitrogens with zero attached hydrogens (tertiary/aromatic N) is 1. The molecule has 3 aliphatic rings. The first-order valence-electron chi connectivity index (χ1n) is 9.73. The van der Waals surface area contributed by atoms with Crippen LogP contribution >= 0.6 is 0 Å². The molecule has 144 valence electrons. The van der Waals surface area contributed by atoms with E-state index < -0.39 is 6.10 Å². The lowest BCUT2D eigenvalue weighted by atomic mass is 9.99. The lowest BCUT2D eigenvalue weighted by Gasteiger charge is -2.34. The number of carbonyl (C=O) groups is 2. The van der Waals surface area contributed by atoms with Crippen LogP contribution in [0.15, 0.2) is 36.4 Å². The average Bonchev–Trinajstić information content (AvgIpc) is 3.54. The van der Waals surface area contributed by atoms with E-state index in [-0.39, 0.29) is 42.9 Å². The molecule has 2 N–H and O–H groups in total. The van der Waals surface area contributed by atoms with Gasteiger partial charge in [-0.15, -0.1) is 0 Å². The van der Waals surface area contributed by atoms with E-state index in [9.17, 15) is 14.7 Å². The Morgan fingerprint density at radius 1 is 1.19 bits per heavy atom. The molecular weight excluding hydrogens is 344 g/mol. The third-order valence-electron chi connectivity index (χ3n) is 5.58. The van der Waals surface area contributed by atoms with E-state index in [1.165, 1.54) is 11.1 Å². The van der Waals surface area contributed by atoms with Gasteiger partial charge in [0.1, 0.15) is 6.10 Å². The number of aliphatic hydroxyl groups excluding tert-OH is 1. The highest BCUT2D eigenvalue weighted by Crippen LogP contribution is 2.29. The minimum Gasteiger partial charge on any atom is -0.394 e. The van der Waals surface area contributed by atoms with Gasteiger partial charge in [0.2, 0.25) is 11.8 Å². The molecule has 1 saturated carbocycles. The summed E-state index contributed by atoms with van der Waals surface area (Å²) in [5.41, 5.74) is 2.51. The number of aliphatic hydroxyl groups is 1. The third kappa shape index (κ3) is 4.22. The van der Waals surface area contributed by atoms with Gasteiger partial charge in [-0.2, -0.15) is 0 Å². The van der Waals surface area contributed by atoms with Gasteiger partial charge in [-0.3, -0.25) is 9.59 Å². The Hall–Kier alpha value is -2.18. The van der Waals surface area contributed by atoms with Gasteiger partial charge in [-0.25, -0.2) is 0 Å². The summed E-state index contributed by atoms with van der Waals surface area (Å²) in [4.78, 5) is 26.5. The molecule has 0 aromatic heterocycles. The lowest BCUT2D eigenvalue weighted by molar-refractivity contribution is -0.137. The van der Waals surface area contributed by atoms with Gasteiger partial charge in [-0.05, 0) is 30.4 Å². The standard InChI is InChI=1S/C21H26N2O4/c24-13-19-18(22-21(26)15-5-6-15)8-7-17(27-19)11-20(25)23-10-9-14-3-1-2-4-16(14)12-23/h1-4,7-8,15,17-19,24H,5-6,9-13H2,(H,22,26)/t17-,18+,19-/m0/s1. The minimum absolute atomic E-state index is 0.0215. The maximum Gasteiger partial charge on any atom is 0.225 e. The van der Waals surface area contributed by atoms with Crippen LogP contribution in [0.3, 0.4) is 0 Å². The Morgan fingerprint density at radius 3 is 2.70 bits per heavy atom. The maximum atomic E-state index is 12.7. The first-order chi connectivity index (χ1) is 13.1. The summed E-state index contributed by atoms with van der Waals surface area (Å²) in [5, 5.41) is 12.6. The minimum atomic E-state index is -0.516. The van der Waals surface area contributed by atoms with Crippen molar-refractivity contribution in [3.05, 3.63) is 47.5 Å². The van der Waals surface area contributed by atoms with Gasteiger partial charge in [0.05, 0.1) is 25.2 Å². The second-order valence-electron chi connectivity index (χ2n) is 7.63. The molecule has 0 bridgehead atoms. The zero-order valence-electron chi connectivity index (χ0n) is 15.3. The van der Waals surface area contributed by atoms with Crippen LogP contribution in [0.4, 0.5) is 0 Å². The number of amides is 2. The quantitative estimate of drug-likeness (QED) is 0.763. The van der Waals surface area contributed by atoms with E-state index >= 15 is 0 Å². The Kier molecular flexibility index (Phi) is 5.27. The van der Waals surface area contributed by atoms with Crippen molar-refractivity contribution >= 4 is 11.8 Å². The molecule has 0 saturated heterocycles. The van der Waals surface area contributed by atoms with E-state index in [0.717, 1.165) is 25.8 Å². The molecule has 3 atom stereocenters. The summed E-state index contributed by atoms with van der Waals surface area (Å²) < 4.78 is 5.88. The smallest absolute Gasteiger partial charge is 0.225 e. The molecule has 1 aliphatic carbocycles. The van der Waals surface area contributed by atoms with Crippen LogP contribution in [0.25, 0.3) is 0 Å². The van der Waals surface area contributed by atoms with Crippen molar-refractivity contribution in [2.24, 2.45) is 5.92 Å². The molecule has 0 radical (unpaired) electrons. The summed E-state index contributed by atoms with van der Waals surface area (Å²) in [5.74, 6) is 0.184. The van der Waals surface area contributed by atoms with Crippen molar-refractivity contribution in [2.75, 3.05) is 13.2 Å². The first-order valence-corrected chi connectivity index (χ1v) is 9.73.